The van der Waals surface area contributed by atoms with E-state index < -0.39 is 0 Å². The van der Waals surface area contributed by atoms with E-state index in [0.717, 1.165) is 0 Å². The van der Waals surface area contributed by atoms with Gasteiger partial charge in [0.1, 0.15) is 0 Å². The molecule has 0 amide bonds. The lowest BCUT2D eigenvalue weighted by atomic mass is 10.1. The van der Waals surface area contributed by atoms with E-state index in [4.69, 9.17) is 0 Å². The minimum Gasteiger partial charge on any atom is -0.0710 e. The molecule has 1 aliphatic heterocycles. The van der Waals surface area contributed by atoms with Crippen LogP contribution in [-0.2, 0) is 0 Å². The van der Waals surface area contributed by atoms with Gasteiger partial charge in [0.25, 0.3) is 0 Å². The van der Waals surface area contributed by atoms with Crippen LogP contribution in [0.1, 0.15) is 19.3 Å². The molecule has 2 fully saturated rings. The van der Waals surface area contributed by atoms with Gasteiger partial charge in [-0.05, 0) is 18.3 Å². The van der Waals surface area contributed by atoms with Crippen molar-refractivity contribution in [3.05, 3.63) is 0 Å². The van der Waals surface area contributed by atoms with Crippen LogP contribution in [-0.4, -0.2) is 8.80 Å². The van der Waals surface area contributed by atoms with Crippen molar-refractivity contribution >= 4 is 8.80 Å². The second-order valence-corrected chi connectivity index (χ2v) is 6.64. The van der Waals surface area contributed by atoms with Gasteiger partial charge >= 0.3 is 0 Å². The minimum absolute atomic E-state index is 0.172. The normalized spacial score (nSPS) is 43.7. The van der Waals surface area contributed by atoms with E-state index in [1.54, 1.807) is 31.4 Å². The van der Waals surface area contributed by atoms with Gasteiger partial charge < -0.3 is 0 Å². The molecule has 0 N–H and O–H groups in total. The standard InChI is InChI=1S/C8H15Si/c1-9-5-7-2-3-8(4-7)6-9/h7-8H,2-6H2,1H3. The Balaban J connectivity index is 2.03. The van der Waals surface area contributed by atoms with E-state index in [9.17, 15) is 0 Å². The molecule has 1 heterocycles. The van der Waals surface area contributed by atoms with Crippen LogP contribution in [0.15, 0.2) is 0 Å². The van der Waals surface area contributed by atoms with E-state index in [2.05, 4.69) is 6.55 Å². The van der Waals surface area contributed by atoms with Gasteiger partial charge in [-0.2, -0.15) is 0 Å². The van der Waals surface area contributed by atoms with Crippen molar-refractivity contribution in [2.75, 3.05) is 0 Å². The van der Waals surface area contributed by atoms with E-state index in [-0.39, 0.29) is 8.80 Å². The number of hydrogen-bond donors (Lipinski definition) is 0. The Bertz CT molecular complexity index is 99.1. The third-order valence-electron chi connectivity index (χ3n) is 2.92. The van der Waals surface area contributed by atoms with Crippen molar-refractivity contribution in [2.24, 2.45) is 11.8 Å². The average Bonchev–Trinajstić information content (AvgIpc) is 2.11. The van der Waals surface area contributed by atoms with Crippen molar-refractivity contribution in [3.8, 4) is 0 Å². The lowest BCUT2D eigenvalue weighted by Crippen LogP contribution is -2.19. The zero-order valence-corrected chi connectivity index (χ0v) is 7.19. The van der Waals surface area contributed by atoms with E-state index in [1.165, 1.54) is 11.8 Å². The Morgan fingerprint density at radius 2 is 1.67 bits per heavy atom. The summed E-state index contributed by atoms with van der Waals surface area (Å²) in [6.07, 6.45) is 4.75. The van der Waals surface area contributed by atoms with Crippen LogP contribution in [0.3, 0.4) is 0 Å². The van der Waals surface area contributed by atoms with Crippen molar-refractivity contribution < 1.29 is 0 Å². The molecule has 51 valence electrons. The van der Waals surface area contributed by atoms with Gasteiger partial charge in [0.15, 0.2) is 0 Å². The van der Waals surface area contributed by atoms with Crippen molar-refractivity contribution in [2.45, 2.75) is 37.9 Å². The third kappa shape index (κ3) is 1.07. The summed E-state index contributed by atoms with van der Waals surface area (Å²) in [5.74, 6) is 2.37. The highest BCUT2D eigenvalue weighted by Crippen LogP contribution is 2.42. The molecule has 1 radical (unpaired) electrons. The fourth-order valence-electron chi connectivity index (χ4n) is 2.62. The summed E-state index contributed by atoms with van der Waals surface area (Å²) in [6.45, 7) is 2.52. The van der Waals surface area contributed by atoms with Crippen molar-refractivity contribution in [1.29, 1.82) is 0 Å². The molecule has 1 aliphatic carbocycles. The molecule has 1 saturated carbocycles. The fourth-order valence-corrected chi connectivity index (χ4v) is 5.50. The first-order valence-electron chi connectivity index (χ1n) is 4.16. The topological polar surface area (TPSA) is 0 Å². The number of fused-ring (bicyclic) bond motifs is 2. The minimum atomic E-state index is 0.172. The molecule has 0 spiro atoms. The zero-order chi connectivity index (χ0) is 6.27. The molecule has 0 nitrogen and oxygen atoms in total. The fraction of sp³-hybridized carbons (Fsp3) is 1.00. The van der Waals surface area contributed by atoms with Gasteiger partial charge in [0, 0.05) is 8.80 Å². The van der Waals surface area contributed by atoms with E-state index in [0.29, 0.717) is 0 Å². The van der Waals surface area contributed by atoms with Gasteiger partial charge in [0.2, 0.25) is 0 Å². The van der Waals surface area contributed by atoms with Crippen LogP contribution < -0.4 is 0 Å². The number of rotatable bonds is 0. The van der Waals surface area contributed by atoms with Gasteiger partial charge in [-0.1, -0.05) is 31.5 Å². The third-order valence-corrected chi connectivity index (χ3v) is 5.47. The molecular formula is C8H15Si. The first-order chi connectivity index (χ1) is 4.34. The van der Waals surface area contributed by atoms with Crippen LogP contribution in [0.2, 0.25) is 18.6 Å². The molecule has 2 unspecified atom stereocenters. The molecule has 0 aromatic rings. The van der Waals surface area contributed by atoms with Crippen LogP contribution in [0, 0.1) is 11.8 Å². The Labute approximate surface area is 59.3 Å². The molecule has 0 aromatic heterocycles. The molecule has 2 aliphatic rings. The molecule has 2 atom stereocenters. The SMILES string of the molecule is C[Si]1CC2CCC(C2)C1. The Hall–Kier alpha value is 0.217. The summed E-state index contributed by atoms with van der Waals surface area (Å²) >= 11 is 0. The van der Waals surface area contributed by atoms with Crippen LogP contribution in [0.4, 0.5) is 0 Å². The predicted molar refractivity (Wildman–Crippen MR) is 42.1 cm³/mol. The quantitative estimate of drug-likeness (QED) is 0.452. The largest absolute Gasteiger partial charge is 0.0710 e. The molecule has 0 aromatic carbocycles. The van der Waals surface area contributed by atoms with Gasteiger partial charge in [-0.15, -0.1) is 0 Å². The first-order valence-corrected chi connectivity index (χ1v) is 6.57. The Morgan fingerprint density at radius 1 is 1.11 bits per heavy atom. The average molecular weight is 139 g/mol. The highest BCUT2D eigenvalue weighted by Gasteiger charge is 2.32. The maximum Gasteiger partial charge on any atom is 0.0451 e. The van der Waals surface area contributed by atoms with E-state index in [1.807, 2.05) is 0 Å². The highest BCUT2D eigenvalue weighted by molar-refractivity contribution is 6.57. The van der Waals surface area contributed by atoms with Crippen LogP contribution in [0.25, 0.3) is 0 Å². The maximum absolute atomic E-state index is 2.52. The Kier molecular flexibility index (Phi) is 1.40. The Morgan fingerprint density at radius 3 is 2.22 bits per heavy atom. The zero-order valence-electron chi connectivity index (χ0n) is 6.19. The molecule has 1 saturated heterocycles. The molecule has 9 heavy (non-hydrogen) atoms. The second kappa shape index (κ2) is 2.12. The maximum atomic E-state index is 2.52. The first kappa shape index (κ1) is 5.96. The second-order valence-electron chi connectivity index (χ2n) is 3.91. The summed E-state index contributed by atoms with van der Waals surface area (Å²) in [6, 6.07) is 3.28. The van der Waals surface area contributed by atoms with Gasteiger partial charge in [-0.3, -0.25) is 0 Å². The molecule has 2 rings (SSSR count). The monoisotopic (exact) mass is 139 g/mol. The van der Waals surface area contributed by atoms with Crippen molar-refractivity contribution in [3.63, 3.8) is 0 Å². The van der Waals surface area contributed by atoms with Crippen LogP contribution in [0.5, 0.6) is 0 Å². The number of hydrogen-bond acceptors (Lipinski definition) is 0. The predicted octanol–water partition coefficient (Wildman–Crippen LogP) is 2.54. The van der Waals surface area contributed by atoms with Crippen molar-refractivity contribution in [1.82, 2.24) is 0 Å². The van der Waals surface area contributed by atoms with Crippen LogP contribution >= 0.6 is 0 Å². The lowest BCUT2D eigenvalue weighted by molar-refractivity contribution is 0.521. The molecule has 1 heteroatoms. The summed E-state index contributed by atoms with van der Waals surface area (Å²) in [4.78, 5) is 0. The van der Waals surface area contributed by atoms with Gasteiger partial charge in [-0.25, -0.2) is 0 Å². The summed E-state index contributed by atoms with van der Waals surface area (Å²) in [7, 11) is 0.172. The van der Waals surface area contributed by atoms with Gasteiger partial charge in [0.05, 0.1) is 0 Å². The molecular weight excluding hydrogens is 124 g/mol. The highest BCUT2D eigenvalue weighted by atomic mass is 28.3. The lowest BCUT2D eigenvalue weighted by Gasteiger charge is -2.22. The van der Waals surface area contributed by atoms with E-state index >= 15 is 0 Å². The molecule has 2 bridgehead atoms. The summed E-state index contributed by atoms with van der Waals surface area (Å²) in [5, 5.41) is 0. The summed E-state index contributed by atoms with van der Waals surface area (Å²) in [5.41, 5.74) is 0. The smallest absolute Gasteiger partial charge is 0.0451 e. The summed E-state index contributed by atoms with van der Waals surface area (Å²) < 4.78 is 0.